The van der Waals surface area contributed by atoms with Gasteiger partial charge >= 0.3 is 0 Å². The van der Waals surface area contributed by atoms with Gasteiger partial charge in [-0.2, -0.15) is 0 Å². The highest BCUT2D eigenvalue weighted by Gasteiger charge is 2.39. The van der Waals surface area contributed by atoms with Gasteiger partial charge in [0.05, 0.1) is 25.4 Å². The molecule has 1 fully saturated rings. The summed E-state index contributed by atoms with van der Waals surface area (Å²) in [5, 5.41) is 0. The van der Waals surface area contributed by atoms with Crippen LogP contribution in [0, 0.1) is 0 Å². The smallest absolute Gasteiger partial charge is 0.172 e. The summed E-state index contributed by atoms with van der Waals surface area (Å²) in [6.45, 7) is 7.28. The number of nitrogens with zero attached hydrogens (tertiary/aromatic N) is 2. The molecule has 0 aromatic carbocycles. The minimum atomic E-state index is 0.240. The van der Waals surface area contributed by atoms with E-state index in [0.717, 1.165) is 31.1 Å². The third-order valence-corrected chi connectivity index (χ3v) is 4.25. The van der Waals surface area contributed by atoms with Crippen LogP contribution in [0.4, 0.5) is 5.82 Å². The molecule has 1 saturated heterocycles. The van der Waals surface area contributed by atoms with E-state index in [9.17, 15) is 0 Å². The van der Waals surface area contributed by atoms with Crippen LogP contribution in [0.15, 0.2) is 12.3 Å². The van der Waals surface area contributed by atoms with Crippen molar-refractivity contribution in [1.82, 2.24) is 4.98 Å². The van der Waals surface area contributed by atoms with Crippen LogP contribution in [0.5, 0.6) is 5.75 Å². The number of fused-ring (bicyclic) bond motifs is 3. The van der Waals surface area contributed by atoms with Crippen LogP contribution in [-0.4, -0.2) is 50.6 Å². The van der Waals surface area contributed by atoms with Gasteiger partial charge in [-0.15, -0.1) is 0 Å². The molecule has 0 saturated carbocycles. The summed E-state index contributed by atoms with van der Waals surface area (Å²) < 4.78 is 16.9. The van der Waals surface area contributed by atoms with E-state index in [-0.39, 0.29) is 6.10 Å². The third-order valence-electron chi connectivity index (χ3n) is 4.25. The Morgan fingerprint density at radius 1 is 1.43 bits per heavy atom. The minimum absolute atomic E-state index is 0.240. The Morgan fingerprint density at radius 2 is 2.29 bits per heavy atom. The summed E-state index contributed by atoms with van der Waals surface area (Å²) in [7, 11) is 1.70. The Balaban J connectivity index is 1.76. The zero-order valence-electron chi connectivity index (χ0n) is 13.0. The van der Waals surface area contributed by atoms with Gasteiger partial charge < -0.3 is 19.1 Å². The number of pyridine rings is 1. The van der Waals surface area contributed by atoms with Crippen LogP contribution in [0.25, 0.3) is 0 Å². The molecule has 21 heavy (non-hydrogen) atoms. The number of ether oxygens (including phenoxy) is 3. The van der Waals surface area contributed by atoms with Crippen molar-refractivity contribution in [2.45, 2.75) is 38.3 Å². The summed E-state index contributed by atoms with van der Waals surface area (Å²) in [5.74, 6) is 2.38. The van der Waals surface area contributed by atoms with Crippen molar-refractivity contribution in [3.63, 3.8) is 0 Å². The third kappa shape index (κ3) is 2.85. The summed E-state index contributed by atoms with van der Waals surface area (Å²) in [4.78, 5) is 6.91. The van der Waals surface area contributed by atoms with Crippen LogP contribution < -0.4 is 9.64 Å². The first-order valence-corrected chi connectivity index (χ1v) is 7.69. The van der Waals surface area contributed by atoms with Crippen molar-refractivity contribution in [3.8, 4) is 5.75 Å². The molecule has 2 atom stereocenters. The quantitative estimate of drug-likeness (QED) is 0.779. The van der Waals surface area contributed by atoms with E-state index in [1.807, 2.05) is 6.20 Å². The molecule has 1 aromatic heterocycles. The molecule has 2 unspecified atom stereocenters. The molecule has 0 spiro atoms. The van der Waals surface area contributed by atoms with Crippen LogP contribution in [0.3, 0.4) is 0 Å². The molecule has 3 rings (SSSR count). The highest BCUT2D eigenvalue weighted by molar-refractivity contribution is 5.60. The first-order chi connectivity index (χ1) is 10.2. The Bertz CT molecular complexity index is 492. The van der Waals surface area contributed by atoms with Crippen molar-refractivity contribution in [1.29, 1.82) is 0 Å². The molecule has 1 aromatic rings. The van der Waals surface area contributed by atoms with Gasteiger partial charge in [0.2, 0.25) is 0 Å². The number of hydrogen-bond acceptors (Lipinski definition) is 5. The Labute approximate surface area is 126 Å². The van der Waals surface area contributed by atoms with Gasteiger partial charge in [0, 0.05) is 25.4 Å². The van der Waals surface area contributed by atoms with E-state index < -0.39 is 0 Å². The number of anilines is 1. The zero-order valence-corrected chi connectivity index (χ0v) is 13.0. The normalized spacial score (nSPS) is 23.9. The molecule has 0 amide bonds. The van der Waals surface area contributed by atoms with Crippen LogP contribution >= 0.6 is 0 Å². The van der Waals surface area contributed by atoms with Crippen LogP contribution in [0.1, 0.15) is 31.7 Å². The lowest BCUT2D eigenvalue weighted by atomic mass is 10.0. The van der Waals surface area contributed by atoms with E-state index in [2.05, 4.69) is 29.8 Å². The van der Waals surface area contributed by atoms with Crippen molar-refractivity contribution in [2.75, 3.05) is 38.4 Å². The topological polar surface area (TPSA) is 43.8 Å². The monoisotopic (exact) mass is 292 g/mol. The standard InChI is InChI=1S/C16H24N2O3/c1-11(2)14-4-5-17-16-15(14)21-10-12-8-13(9-18(12)16)20-7-6-19-3/h4-5,11-13H,6-10H2,1-3H3. The Morgan fingerprint density at radius 3 is 3.05 bits per heavy atom. The molecule has 0 bridgehead atoms. The zero-order chi connectivity index (χ0) is 14.8. The second-order valence-corrected chi connectivity index (χ2v) is 6.05. The fourth-order valence-electron chi connectivity index (χ4n) is 3.15. The molecule has 3 heterocycles. The first-order valence-electron chi connectivity index (χ1n) is 7.69. The predicted octanol–water partition coefficient (Wildman–Crippen LogP) is 2.21. The summed E-state index contributed by atoms with van der Waals surface area (Å²) in [6, 6.07) is 2.44. The number of methoxy groups -OCH3 is 1. The van der Waals surface area contributed by atoms with Crippen LogP contribution in [-0.2, 0) is 9.47 Å². The minimum Gasteiger partial charge on any atom is -0.487 e. The molecule has 116 valence electrons. The van der Waals surface area contributed by atoms with Gasteiger partial charge in [-0.1, -0.05) is 13.8 Å². The Kier molecular flexibility index (Phi) is 4.31. The molecular weight excluding hydrogens is 268 g/mol. The lowest BCUT2D eigenvalue weighted by Gasteiger charge is -2.33. The van der Waals surface area contributed by atoms with E-state index in [1.54, 1.807) is 7.11 Å². The second kappa shape index (κ2) is 6.20. The van der Waals surface area contributed by atoms with E-state index in [4.69, 9.17) is 14.2 Å². The fraction of sp³-hybridized carbons (Fsp3) is 0.688. The largest absolute Gasteiger partial charge is 0.487 e. The van der Waals surface area contributed by atoms with Gasteiger partial charge in [0.1, 0.15) is 6.61 Å². The Hall–Kier alpha value is -1.33. The van der Waals surface area contributed by atoms with Gasteiger partial charge in [0.15, 0.2) is 11.6 Å². The lowest BCUT2D eigenvalue weighted by Crippen LogP contribution is -2.39. The van der Waals surface area contributed by atoms with Gasteiger partial charge in [-0.3, -0.25) is 0 Å². The SMILES string of the molecule is COCCOC1CC2COc3c(C(C)C)ccnc3N2C1. The molecule has 0 aliphatic carbocycles. The van der Waals surface area contributed by atoms with Gasteiger partial charge in [-0.05, 0) is 18.4 Å². The van der Waals surface area contributed by atoms with E-state index in [0.29, 0.717) is 25.2 Å². The average Bonchev–Trinajstić information content (AvgIpc) is 2.90. The molecular formula is C16H24N2O3. The lowest BCUT2D eigenvalue weighted by molar-refractivity contribution is 0.0261. The van der Waals surface area contributed by atoms with E-state index in [1.165, 1.54) is 5.56 Å². The summed E-state index contributed by atoms with van der Waals surface area (Å²) in [5.41, 5.74) is 1.24. The van der Waals surface area contributed by atoms with E-state index >= 15 is 0 Å². The van der Waals surface area contributed by atoms with Gasteiger partial charge in [-0.25, -0.2) is 4.98 Å². The highest BCUT2D eigenvalue weighted by atomic mass is 16.5. The highest BCUT2D eigenvalue weighted by Crippen LogP contribution is 2.41. The summed E-state index contributed by atoms with van der Waals surface area (Å²) in [6.07, 6.45) is 3.12. The molecule has 5 nitrogen and oxygen atoms in total. The number of rotatable bonds is 5. The molecule has 0 N–H and O–H groups in total. The number of hydrogen-bond donors (Lipinski definition) is 0. The average molecular weight is 292 g/mol. The number of aromatic nitrogens is 1. The molecule has 0 radical (unpaired) electrons. The maximum Gasteiger partial charge on any atom is 0.172 e. The molecule has 5 heteroatoms. The van der Waals surface area contributed by atoms with Gasteiger partial charge in [0.25, 0.3) is 0 Å². The maximum absolute atomic E-state index is 6.02. The second-order valence-electron chi connectivity index (χ2n) is 6.05. The van der Waals surface area contributed by atoms with Crippen molar-refractivity contribution in [3.05, 3.63) is 17.8 Å². The van der Waals surface area contributed by atoms with Crippen molar-refractivity contribution < 1.29 is 14.2 Å². The van der Waals surface area contributed by atoms with Crippen molar-refractivity contribution in [2.24, 2.45) is 0 Å². The van der Waals surface area contributed by atoms with Crippen molar-refractivity contribution >= 4 is 5.82 Å². The molecule has 2 aliphatic heterocycles. The maximum atomic E-state index is 6.02. The fourth-order valence-corrected chi connectivity index (χ4v) is 3.15. The predicted molar refractivity (Wildman–Crippen MR) is 81.2 cm³/mol. The first kappa shape index (κ1) is 14.6. The molecule has 2 aliphatic rings. The summed E-state index contributed by atoms with van der Waals surface area (Å²) >= 11 is 0. The van der Waals surface area contributed by atoms with Crippen LogP contribution in [0.2, 0.25) is 0 Å².